The van der Waals surface area contributed by atoms with Crippen molar-refractivity contribution in [2.24, 2.45) is 0 Å². The highest BCUT2D eigenvalue weighted by Gasteiger charge is 2.28. The monoisotopic (exact) mass is 439 g/mol. The second kappa shape index (κ2) is 9.18. The molecule has 0 bridgehead atoms. The average molecular weight is 440 g/mol. The lowest BCUT2D eigenvalue weighted by Crippen LogP contribution is -2.51. The number of carbonyl (C=O) groups is 2. The van der Waals surface area contributed by atoms with Gasteiger partial charge in [0, 0.05) is 49.0 Å². The fraction of sp³-hybridized carbons (Fsp3) is 0.273. The van der Waals surface area contributed by atoms with Gasteiger partial charge in [0.15, 0.2) is 5.82 Å². The molecular formula is C22H22ClN5O3. The molecule has 0 aliphatic carbocycles. The van der Waals surface area contributed by atoms with E-state index in [1.165, 1.54) is 0 Å². The number of hydrogen-bond acceptors (Lipinski definition) is 5. The van der Waals surface area contributed by atoms with Gasteiger partial charge in [-0.2, -0.15) is 5.10 Å². The molecule has 2 N–H and O–H groups in total. The van der Waals surface area contributed by atoms with Crippen molar-refractivity contribution < 1.29 is 14.7 Å². The lowest BCUT2D eigenvalue weighted by molar-refractivity contribution is -0.138. The van der Waals surface area contributed by atoms with Gasteiger partial charge in [0.1, 0.15) is 0 Å². The van der Waals surface area contributed by atoms with Gasteiger partial charge in [-0.15, -0.1) is 0 Å². The van der Waals surface area contributed by atoms with Crippen LogP contribution >= 0.6 is 11.6 Å². The quantitative estimate of drug-likeness (QED) is 0.585. The number of carbonyl (C=O) groups excluding carboxylic acids is 1. The number of halogens is 1. The van der Waals surface area contributed by atoms with Gasteiger partial charge in [-0.05, 0) is 36.2 Å². The Hall–Kier alpha value is -3.39. The molecule has 1 aromatic carbocycles. The van der Waals surface area contributed by atoms with Crippen LogP contribution in [0.1, 0.15) is 12.8 Å². The molecule has 1 fully saturated rings. The molecular weight excluding hydrogens is 418 g/mol. The summed E-state index contributed by atoms with van der Waals surface area (Å²) in [7, 11) is 0. The van der Waals surface area contributed by atoms with Crippen molar-refractivity contribution in [3.05, 3.63) is 53.8 Å². The number of nitrogens with zero attached hydrogens (tertiary/aromatic N) is 4. The molecule has 0 unspecified atom stereocenters. The summed E-state index contributed by atoms with van der Waals surface area (Å²) in [6, 6.07) is 11.3. The fourth-order valence-corrected chi connectivity index (χ4v) is 3.85. The molecule has 1 aliphatic rings. The van der Waals surface area contributed by atoms with Crippen LogP contribution in [-0.2, 0) is 9.59 Å². The average Bonchev–Trinajstić information content (AvgIpc) is 3.21. The van der Waals surface area contributed by atoms with E-state index in [1.54, 1.807) is 17.3 Å². The van der Waals surface area contributed by atoms with Crippen molar-refractivity contribution in [3.8, 4) is 22.4 Å². The van der Waals surface area contributed by atoms with E-state index in [2.05, 4.69) is 15.2 Å². The number of benzene rings is 1. The number of aliphatic carboxylic acids is 1. The van der Waals surface area contributed by atoms with Gasteiger partial charge in [0.25, 0.3) is 0 Å². The van der Waals surface area contributed by atoms with E-state index in [9.17, 15) is 9.59 Å². The summed E-state index contributed by atoms with van der Waals surface area (Å²) >= 11 is 6.05. The molecule has 3 aromatic rings. The van der Waals surface area contributed by atoms with Gasteiger partial charge < -0.3 is 14.9 Å². The third kappa shape index (κ3) is 4.69. The number of rotatable bonds is 7. The van der Waals surface area contributed by atoms with Crippen LogP contribution in [0.5, 0.6) is 0 Å². The zero-order valence-corrected chi connectivity index (χ0v) is 17.5. The summed E-state index contributed by atoms with van der Waals surface area (Å²) in [5, 5.41) is 17.2. The maximum absolute atomic E-state index is 12.7. The summed E-state index contributed by atoms with van der Waals surface area (Å²) in [6.07, 6.45) is 3.96. The highest BCUT2D eigenvalue weighted by atomic mass is 35.5. The van der Waals surface area contributed by atoms with E-state index in [0.29, 0.717) is 36.9 Å². The molecule has 0 spiro atoms. The Labute approximate surface area is 184 Å². The van der Waals surface area contributed by atoms with Crippen LogP contribution in [0, 0.1) is 0 Å². The van der Waals surface area contributed by atoms with Gasteiger partial charge in [-0.25, -0.2) is 0 Å². The van der Waals surface area contributed by atoms with Gasteiger partial charge in [0.05, 0.1) is 17.8 Å². The molecule has 1 aliphatic heterocycles. The zero-order valence-electron chi connectivity index (χ0n) is 16.8. The Bertz CT molecular complexity index is 1070. The first-order valence-corrected chi connectivity index (χ1v) is 10.4. The summed E-state index contributed by atoms with van der Waals surface area (Å²) in [4.78, 5) is 31.2. The Balaban J connectivity index is 1.61. The van der Waals surface area contributed by atoms with E-state index >= 15 is 0 Å². The Morgan fingerprint density at radius 2 is 1.84 bits per heavy atom. The molecule has 0 radical (unpaired) electrons. The smallest absolute Gasteiger partial charge is 0.303 e. The van der Waals surface area contributed by atoms with Crippen molar-refractivity contribution >= 4 is 29.3 Å². The van der Waals surface area contributed by atoms with Crippen molar-refractivity contribution in [3.63, 3.8) is 0 Å². The number of piperazine rings is 1. The van der Waals surface area contributed by atoms with E-state index in [1.807, 2.05) is 41.3 Å². The molecule has 31 heavy (non-hydrogen) atoms. The SMILES string of the molecule is O=C(O)CCCN1CCN(c2n[nH]c(-c3ccc(Cl)cc3)c2-c2ccncc2)CC1=O. The number of amides is 1. The zero-order chi connectivity index (χ0) is 21.8. The van der Waals surface area contributed by atoms with Crippen molar-refractivity contribution in [1.29, 1.82) is 0 Å². The van der Waals surface area contributed by atoms with Crippen LogP contribution in [0.25, 0.3) is 22.4 Å². The molecule has 8 nitrogen and oxygen atoms in total. The number of anilines is 1. The summed E-state index contributed by atoms with van der Waals surface area (Å²) < 4.78 is 0. The summed E-state index contributed by atoms with van der Waals surface area (Å²) in [6.45, 7) is 1.78. The van der Waals surface area contributed by atoms with Crippen molar-refractivity contribution in [1.82, 2.24) is 20.1 Å². The number of H-pyrrole nitrogens is 1. The van der Waals surface area contributed by atoms with Crippen LogP contribution in [0.3, 0.4) is 0 Å². The normalized spacial score (nSPS) is 14.2. The number of hydrogen-bond donors (Lipinski definition) is 2. The van der Waals surface area contributed by atoms with E-state index in [4.69, 9.17) is 16.7 Å². The van der Waals surface area contributed by atoms with Crippen LogP contribution in [-0.4, -0.2) is 63.2 Å². The predicted octanol–water partition coefficient (Wildman–Crippen LogP) is 3.31. The maximum atomic E-state index is 12.7. The Morgan fingerprint density at radius 1 is 1.10 bits per heavy atom. The Kier molecular flexibility index (Phi) is 6.18. The minimum atomic E-state index is -0.848. The molecule has 2 aromatic heterocycles. The molecule has 3 heterocycles. The van der Waals surface area contributed by atoms with E-state index in [-0.39, 0.29) is 18.9 Å². The molecule has 1 saturated heterocycles. The first-order chi connectivity index (χ1) is 15.0. The van der Waals surface area contributed by atoms with Crippen molar-refractivity contribution in [2.45, 2.75) is 12.8 Å². The topological polar surface area (TPSA) is 102 Å². The number of aromatic nitrogens is 3. The first kappa shape index (κ1) is 20.9. The second-order valence-corrected chi connectivity index (χ2v) is 7.78. The highest BCUT2D eigenvalue weighted by Crippen LogP contribution is 2.38. The molecule has 9 heteroatoms. The van der Waals surface area contributed by atoms with Gasteiger partial charge in [-0.3, -0.25) is 19.7 Å². The highest BCUT2D eigenvalue weighted by molar-refractivity contribution is 6.30. The molecule has 0 saturated carbocycles. The van der Waals surface area contributed by atoms with Crippen LogP contribution in [0.2, 0.25) is 5.02 Å². The largest absolute Gasteiger partial charge is 0.481 e. The second-order valence-electron chi connectivity index (χ2n) is 7.34. The van der Waals surface area contributed by atoms with Crippen molar-refractivity contribution in [2.75, 3.05) is 31.1 Å². The minimum absolute atomic E-state index is 0.0339. The summed E-state index contributed by atoms with van der Waals surface area (Å²) in [5.74, 6) is -0.178. The van der Waals surface area contributed by atoms with Gasteiger partial charge in [-0.1, -0.05) is 23.7 Å². The molecule has 160 valence electrons. The molecule has 1 amide bonds. The Morgan fingerprint density at radius 3 is 2.52 bits per heavy atom. The first-order valence-electron chi connectivity index (χ1n) is 10.0. The molecule has 4 rings (SSSR count). The van der Waals surface area contributed by atoms with E-state index in [0.717, 1.165) is 22.4 Å². The molecule has 0 atom stereocenters. The standard InChI is InChI=1S/C22H22ClN5O3/c23-17-5-3-16(4-6-17)21-20(15-7-9-24-10-8-15)22(26-25-21)28-13-12-27(18(29)14-28)11-1-2-19(30)31/h3-10H,1-2,11-14H2,(H,25,26)(H,30,31). The van der Waals surface area contributed by atoms with Crippen LogP contribution in [0.15, 0.2) is 48.8 Å². The van der Waals surface area contributed by atoms with Crippen LogP contribution < -0.4 is 4.90 Å². The van der Waals surface area contributed by atoms with Gasteiger partial charge in [0.2, 0.25) is 5.91 Å². The predicted molar refractivity (Wildman–Crippen MR) is 118 cm³/mol. The lowest BCUT2D eigenvalue weighted by atomic mass is 10.0. The summed E-state index contributed by atoms with van der Waals surface area (Å²) in [5.41, 5.74) is 3.62. The third-order valence-corrected chi connectivity index (χ3v) is 5.54. The number of carboxylic acid groups (broad SMARTS) is 1. The maximum Gasteiger partial charge on any atom is 0.303 e. The number of nitrogens with one attached hydrogen (secondary N) is 1. The number of pyridine rings is 1. The number of aromatic amines is 1. The number of carboxylic acids is 1. The third-order valence-electron chi connectivity index (χ3n) is 5.29. The van der Waals surface area contributed by atoms with Gasteiger partial charge >= 0.3 is 5.97 Å². The fourth-order valence-electron chi connectivity index (χ4n) is 3.73. The lowest BCUT2D eigenvalue weighted by Gasteiger charge is -2.35. The van der Waals surface area contributed by atoms with E-state index < -0.39 is 5.97 Å². The minimum Gasteiger partial charge on any atom is -0.481 e. The van der Waals surface area contributed by atoms with Crippen LogP contribution in [0.4, 0.5) is 5.82 Å².